The molecule has 3 nitrogen and oxygen atoms in total. The Kier molecular flexibility index (Phi) is 2.50. The van der Waals surface area contributed by atoms with Gasteiger partial charge in [0.2, 0.25) is 5.78 Å². The van der Waals surface area contributed by atoms with Gasteiger partial charge in [-0.05, 0) is 12.8 Å². The lowest BCUT2D eigenvalue weighted by atomic mass is 10.1. The van der Waals surface area contributed by atoms with Crippen LogP contribution in [0.25, 0.3) is 0 Å². The average Bonchev–Trinajstić information content (AvgIpc) is 2.32. The summed E-state index contributed by atoms with van der Waals surface area (Å²) in [5.74, 6) is -0.112. The second-order valence-electron chi connectivity index (χ2n) is 3.66. The number of ketones is 1. The van der Waals surface area contributed by atoms with Crippen molar-refractivity contribution in [2.45, 2.75) is 33.2 Å². The van der Waals surface area contributed by atoms with E-state index >= 15 is 0 Å². The number of Topliss-reactive ketones (excluding diaryl/α,β-unsaturated/α-hetero) is 1. The van der Waals surface area contributed by atoms with Crippen LogP contribution in [0.1, 0.15) is 27.2 Å². The van der Waals surface area contributed by atoms with Gasteiger partial charge >= 0.3 is 0 Å². The molecule has 0 bridgehead atoms. The lowest BCUT2D eigenvalue weighted by molar-refractivity contribution is -0.141. The highest BCUT2D eigenvalue weighted by atomic mass is 16.2. The van der Waals surface area contributed by atoms with Gasteiger partial charge in [-0.2, -0.15) is 0 Å². The molecule has 0 saturated carbocycles. The molecule has 0 aromatic carbocycles. The number of carbonyl (C=O) groups excluding carboxylic acids is 2. The van der Waals surface area contributed by atoms with Gasteiger partial charge in [-0.25, -0.2) is 0 Å². The van der Waals surface area contributed by atoms with Gasteiger partial charge in [-0.15, -0.1) is 0 Å². The Bertz CT molecular complexity index is 211. The molecular weight excluding hydrogens is 154 g/mol. The molecule has 68 valence electrons. The van der Waals surface area contributed by atoms with Crippen molar-refractivity contribution in [1.29, 1.82) is 0 Å². The molecule has 1 saturated heterocycles. The summed E-state index contributed by atoms with van der Waals surface area (Å²) in [6.07, 6.45) is 0.399. The van der Waals surface area contributed by atoms with Crippen LogP contribution in [-0.4, -0.2) is 29.2 Å². The number of likely N-dealkylation sites (tertiary alicyclic amines) is 1. The summed E-state index contributed by atoms with van der Waals surface area (Å²) in [5, 5.41) is 0. The summed E-state index contributed by atoms with van der Waals surface area (Å²) in [7, 11) is 0. The summed E-state index contributed by atoms with van der Waals surface area (Å²) in [6.45, 7) is 6.71. The third-order valence-electron chi connectivity index (χ3n) is 2.54. The molecule has 1 atom stereocenters. The first-order chi connectivity index (χ1) is 5.54. The third-order valence-corrected chi connectivity index (χ3v) is 2.54. The Morgan fingerprint density at radius 3 is 2.17 bits per heavy atom. The molecule has 1 rings (SSSR count). The van der Waals surface area contributed by atoms with Crippen LogP contribution in [0.3, 0.4) is 0 Å². The number of rotatable bonds is 2. The molecule has 1 aliphatic heterocycles. The smallest absolute Gasteiger partial charge is 0.290 e. The first-order valence-electron chi connectivity index (χ1n) is 4.38. The maximum Gasteiger partial charge on any atom is 0.290 e. The highest BCUT2D eigenvalue weighted by Gasteiger charge is 2.33. The van der Waals surface area contributed by atoms with E-state index in [-0.39, 0.29) is 17.7 Å². The number of nitrogens with zero attached hydrogens (tertiary/aromatic N) is 1. The minimum Gasteiger partial charge on any atom is -0.333 e. The molecule has 0 N–H and O–H groups in total. The van der Waals surface area contributed by atoms with E-state index in [0.29, 0.717) is 18.9 Å². The SMILES string of the molecule is CC(C)C(C)N1CCC(=O)C1=O. The zero-order valence-electron chi connectivity index (χ0n) is 7.83. The van der Waals surface area contributed by atoms with Crippen LogP contribution < -0.4 is 0 Å². The zero-order valence-corrected chi connectivity index (χ0v) is 7.83. The van der Waals surface area contributed by atoms with E-state index in [1.807, 2.05) is 6.92 Å². The van der Waals surface area contributed by atoms with Crippen molar-refractivity contribution in [3.8, 4) is 0 Å². The van der Waals surface area contributed by atoms with E-state index < -0.39 is 0 Å². The van der Waals surface area contributed by atoms with Gasteiger partial charge < -0.3 is 4.90 Å². The van der Waals surface area contributed by atoms with E-state index in [1.54, 1.807) is 4.90 Å². The maximum absolute atomic E-state index is 11.2. The van der Waals surface area contributed by atoms with Crippen LogP contribution in [0.4, 0.5) is 0 Å². The Morgan fingerprint density at radius 2 is 1.83 bits per heavy atom. The molecule has 0 spiro atoms. The van der Waals surface area contributed by atoms with Crippen LogP contribution >= 0.6 is 0 Å². The van der Waals surface area contributed by atoms with Crippen LogP contribution in [0.15, 0.2) is 0 Å². The molecule has 0 aromatic heterocycles. The first-order valence-corrected chi connectivity index (χ1v) is 4.38. The Hall–Kier alpha value is -0.860. The topological polar surface area (TPSA) is 37.4 Å². The van der Waals surface area contributed by atoms with Gasteiger partial charge in [-0.1, -0.05) is 13.8 Å². The van der Waals surface area contributed by atoms with E-state index in [0.717, 1.165) is 0 Å². The number of hydrogen-bond donors (Lipinski definition) is 0. The average molecular weight is 169 g/mol. The molecule has 0 radical (unpaired) electrons. The lowest BCUT2D eigenvalue weighted by Crippen LogP contribution is -2.38. The maximum atomic E-state index is 11.2. The standard InChI is InChI=1S/C9H15NO2/c1-6(2)7(3)10-5-4-8(11)9(10)12/h6-7H,4-5H2,1-3H3. The second-order valence-corrected chi connectivity index (χ2v) is 3.66. The summed E-state index contributed by atoms with van der Waals surface area (Å²) in [4.78, 5) is 23.8. The van der Waals surface area contributed by atoms with Gasteiger partial charge in [0.25, 0.3) is 5.91 Å². The number of carbonyl (C=O) groups is 2. The minimum atomic E-state index is -0.295. The predicted molar refractivity (Wildman–Crippen MR) is 45.6 cm³/mol. The lowest BCUT2D eigenvalue weighted by Gasteiger charge is -2.26. The molecule has 1 unspecified atom stereocenters. The van der Waals surface area contributed by atoms with Crippen LogP contribution in [0.2, 0.25) is 0 Å². The van der Waals surface area contributed by atoms with Gasteiger partial charge in [-0.3, -0.25) is 9.59 Å². The second kappa shape index (κ2) is 3.25. The van der Waals surface area contributed by atoms with Crippen LogP contribution in [0, 0.1) is 5.92 Å². The number of amides is 1. The fourth-order valence-corrected chi connectivity index (χ4v) is 1.34. The normalized spacial score (nSPS) is 20.8. The van der Waals surface area contributed by atoms with Crippen molar-refractivity contribution in [3.05, 3.63) is 0 Å². The highest BCUT2D eigenvalue weighted by molar-refractivity contribution is 6.37. The first kappa shape index (κ1) is 9.23. The van der Waals surface area contributed by atoms with Crippen molar-refractivity contribution < 1.29 is 9.59 Å². The summed E-state index contributed by atoms with van der Waals surface area (Å²) in [5.41, 5.74) is 0. The van der Waals surface area contributed by atoms with E-state index in [1.165, 1.54) is 0 Å². The van der Waals surface area contributed by atoms with E-state index in [2.05, 4.69) is 13.8 Å². The van der Waals surface area contributed by atoms with Gasteiger partial charge in [0.05, 0.1) is 0 Å². The molecule has 1 heterocycles. The summed E-state index contributed by atoms with van der Waals surface area (Å²) in [6, 6.07) is 0.184. The summed E-state index contributed by atoms with van der Waals surface area (Å²) >= 11 is 0. The molecule has 12 heavy (non-hydrogen) atoms. The third kappa shape index (κ3) is 1.49. The van der Waals surface area contributed by atoms with Crippen molar-refractivity contribution in [3.63, 3.8) is 0 Å². The van der Waals surface area contributed by atoms with Gasteiger partial charge in [0.15, 0.2) is 0 Å². The minimum absolute atomic E-state index is 0.184. The molecule has 3 heteroatoms. The van der Waals surface area contributed by atoms with Crippen molar-refractivity contribution in [2.24, 2.45) is 5.92 Å². The van der Waals surface area contributed by atoms with Gasteiger partial charge in [0.1, 0.15) is 0 Å². The number of hydrogen-bond acceptors (Lipinski definition) is 2. The van der Waals surface area contributed by atoms with Crippen molar-refractivity contribution in [1.82, 2.24) is 4.90 Å². The van der Waals surface area contributed by atoms with Gasteiger partial charge in [0, 0.05) is 19.0 Å². The quantitative estimate of drug-likeness (QED) is 0.574. The largest absolute Gasteiger partial charge is 0.333 e. The van der Waals surface area contributed by atoms with E-state index in [4.69, 9.17) is 0 Å². The van der Waals surface area contributed by atoms with Crippen molar-refractivity contribution in [2.75, 3.05) is 6.54 Å². The molecule has 0 aliphatic carbocycles. The van der Waals surface area contributed by atoms with Crippen molar-refractivity contribution >= 4 is 11.7 Å². The Balaban J connectivity index is 2.65. The molecular formula is C9H15NO2. The summed E-state index contributed by atoms with van der Waals surface area (Å²) < 4.78 is 0. The molecule has 1 amide bonds. The monoisotopic (exact) mass is 169 g/mol. The zero-order chi connectivity index (χ0) is 9.30. The molecule has 0 aromatic rings. The molecule has 1 fully saturated rings. The Labute approximate surface area is 72.7 Å². The van der Waals surface area contributed by atoms with E-state index in [9.17, 15) is 9.59 Å². The predicted octanol–water partition coefficient (Wildman–Crippen LogP) is 0.832. The Morgan fingerprint density at radius 1 is 1.25 bits per heavy atom. The fraction of sp³-hybridized carbons (Fsp3) is 0.778. The van der Waals surface area contributed by atoms with Crippen LogP contribution in [-0.2, 0) is 9.59 Å². The fourth-order valence-electron chi connectivity index (χ4n) is 1.34. The molecule has 1 aliphatic rings. The highest BCUT2D eigenvalue weighted by Crippen LogP contribution is 2.16. The van der Waals surface area contributed by atoms with Crippen LogP contribution in [0.5, 0.6) is 0 Å².